The molecule has 0 spiro atoms. The number of nitrogens with zero attached hydrogens (tertiary/aromatic N) is 3. The third-order valence-electron chi connectivity index (χ3n) is 2.38. The van der Waals surface area contributed by atoms with Gasteiger partial charge in [-0.3, -0.25) is 0 Å². The largest absolute Gasteiger partial charge is 0.330 e. The first kappa shape index (κ1) is 9.19. The molecule has 1 aromatic heterocycles. The molecule has 1 aromatic rings. The molecule has 0 aliphatic carbocycles. The Labute approximate surface area is 72.8 Å². The molecule has 68 valence electrons. The number of aryl methyl sites for hydroxylation is 1. The van der Waals surface area contributed by atoms with E-state index in [2.05, 4.69) is 24.0 Å². The van der Waals surface area contributed by atoms with E-state index in [9.17, 15) is 0 Å². The second-order valence-corrected chi connectivity index (χ2v) is 3.30. The quantitative estimate of drug-likeness (QED) is 0.715. The molecular formula is C8H16N4. The molecule has 4 heteroatoms. The number of nitrogens with two attached hydrogens (primary N) is 1. The molecule has 0 fully saturated rings. The van der Waals surface area contributed by atoms with Crippen LogP contribution in [0.5, 0.6) is 0 Å². The lowest BCUT2D eigenvalue weighted by atomic mass is 9.95. The monoisotopic (exact) mass is 168 g/mol. The molecule has 0 saturated carbocycles. The maximum atomic E-state index is 5.57. The van der Waals surface area contributed by atoms with E-state index in [1.54, 1.807) is 6.33 Å². The number of hydrogen-bond acceptors (Lipinski definition) is 3. The molecule has 12 heavy (non-hydrogen) atoms. The lowest BCUT2D eigenvalue weighted by molar-refractivity contribution is 0.467. The third kappa shape index (κ3) is 1.64. The van der Waals surface area contributed by atoms with Crippen molar-refractivity contribution >= 4 is 0 Å². The Hall–Kier alpha value is -0.900. The number of aromatic nitrogens is 3. The summed E-state index contributed by atoms with van der Waals surface area (Å²) in [5, 5.41) is 7.87. The molecule has 0 aliphatic rings. The molecule has 1 rings (SSSR count). The van der Waals surface area contributed by atoms with Gasteiger partial charge in [-0.2, -0.15) is 0 Å². The molecule has 2 unspecified atom stereocenters. The van der Waals surface area contributed by atoms with Crippen LogP contribution < -0.4 is 5.73 Å². The number of rotatable bonds is 3. The lowest BCUT2D eigenvalue weighted by Crippen LogP contribution is -2.19. The van der Waals surface area contributed by atoms with Gasteiger partial charge >= 0.3 is 0 Å². The van der Waals surface area contributed by atoms with Crippen molar-refractivity contribution in [1.82, 2.24) is 14.8 Å². The second-order valence-electron chi connectivity index (χ2n) is 3.30. The predicted octanol–water partition coefficient (Wildman–Crippen LogP) is 0.513. The van der Waals surface area contributed by atoms with E-state index in [1.807, 2.05) is 11.6 Å². The standard InChI is InChI=1S/C8H16N4/c1-6(4-9)7(2)8-11-10-5-12(8)3/h5-7H,4,9H2,1-3H3. The van der Waals surface area contributed by atoms with Crippen LogP contribution in [0.3, 0.4) is 0 Å². The van der Waals surface area contributed by atoms with E-state index in [0.717, 1.165) is 5.82 Å². The highest BCUT2D eigenvalue weighted by Gasteiger charge is 2.16. The summed E-state index contributed by atoms with van der Waals surface area (Å²) in [6.07, 6.45) is 1.72. The van der Waals surface area contributed by atoms with Gasteiger partial charge < -0.3 is 10.3 Å². The maximum Gasteiger partial charge on any atom is 0.135 e. The summed E-state index contributed by atoms with van der Waals surface area (Å²) < 4.78 is 1.94. The fraction of sp³-hybridized carbons (Fsp3) is 0.750. The summed E-state index contributed by atoms with van der Waals surface area (Å²) in [4.78, 5) is 0. The van der Waals surface area contributed by atoms with Crippen LogP contribution in [0.15, 0.2) is 6.33 Å². The Morgan fingerprint density at radius 3 is 2.67 bits per heavy atom. The van der Waals surface area contributed by atoms with Crippen molar-refractivity contribution in [3.63, 3.8) is 0 Å². The molecule has 0 aromatic carbocycles. The minimum absolute atomic E-state index is 0.377. The molecule has 0 saturated heterocycles. The minimum Gasteiger partial charge on any atom is -0.330 e. The summed E-state index contributed by atoms with van der Waals surface area (Å²) >= 11 is 0. The first-order chi connectivity index (χ1) is 5.66. The first-order valence-electron chi connectivity index (χ1n) is 4.20. The van der Waals surface area contributed by atoms with Gasteiger partial charge in [0.1, 0.15) is 12.2 Å². The maximum absolute atomic E-state index is 5.57. The van der Waals surface area contributed by atoms with Crippen LogP contribution in [0.1, 0.15) is 25.6 Å². The zero-order valence-corrected chi connectivity index (χ0v) is 7.86. The molecule has 2 atom stereocenters. The normalized spacial score (nSPS) is 16.0. The average molecular weight is 168 g/mol. The fourth-order valence-corrected chi connectivity index (χ4v) is 1.16. The summed E-state index contributed by atoms with van der Waals surface area (Å²) in [6, 6.07) is 0. The van der Waals surface area contributed by atoms with Gasteiger partial charge in [0.2, 0.25) is 0 Å². The summed E-state index contributed by atoms with van der Waals surface area (Å²) in [5.74, 6) is 1.84. The Kier molecular flexibility index (Phi) is 2.81. The molecule has 1 heterocycles. The van der Waals surface area contributed by atoms with Crippen molar-refractivity contribution in [3.05, 3.63) is 12.2 Å². The van der Waals surface area contributed by atoms with E-state index in [4.69, 9.17) is 5.73 Å². The minimum atomic E-state index is 0.377. The van der Waals surface area contributed by atoms with Crippen LogP contribution in [-0.4, -0.2) is 21.3 Å². The smallest absolute Gasteiger partial charge is 0.135 e. The van der Waals surface area contributed by atoms with Gasteiger partial charge in [-0.25, -0.2) is 0 Å². The summed E-state index contributed by atoms with van der Waals surface area (Å²) in [5.41, 5.74) is 5.57. The average Bonchev–Trinajstić information content (AvgIpc) is 2.48. The van der Waals surface area contributed by atoms with Crippen molar-refractivity contribution in [2.45, 2.75) is 19.8 Å². The zero-order valence-electron chi connectivity index (χ0n) is 7.86. The molecule has 0 amide bonds. The summed E-state index contributed by atoms with van der Waals surface area (Å²) in [7, 11) is 1.95. The van der Waals surface area contributed by atoms with Gasteiger partial charge in [0.25, 0.3) is 0 Å². The highest BCUT2D eigenvalue weighted by Crippen LogP contribution is 2.19. The Bertz CT molecular complexity index is 243. The van der Waals surface area contributed by atoms with Crippen molar-refractivity contribution in [3.8, 4) is 0 Å². The van der Waals surface area contributed by atoms with Crippen molar-refractivity contribution in [2.75, 3.05) is 6.54 Å². The van der Waals surface area contributed by atoms with Crippen LogP contribution in [0.2, 0.25) is 0 Å². The van der Waals surface area contributed by atoms with Crippen LogP contribution in [0.25, 0.3) is 0 Å². The zero-order chi connectivity index (χ0) is 9.14. The van der Waals surface area contributed by atoms with E-state index in [1.165, 1.54) is 0 Å². The predicted molar refractivity (Wildman–Crippen MR) is 47.6 cm³/mol. The van der Waals surface area contributed by atoms with Crippen molar-refractivity contribution in [2.24, 2.45) is 18.7 Å². The Morgan fingerprint density at radius 1 is 1.58 bits per heavy atom. The van der Waals surface area contributed by atoms with Crippen LogP contribution >= 0.6 is 0 Å². The van der Waals surface area contributed by atoms with Gasteiger partial charge in [0, 0.05) is 13.0 Å². The molecule has 0 aliphatic heterocycles. The topological polar surface area (TPSA) is 56.7 Å². The van der Waals surface area contributed by atoms with Crippen LogP contribution in [0, 0.1) is 5.92 Å². The van der Waals surface area contributed by atoms with Gasteiger partial charge in [-0.15, -0.1) is 10.2 Å². The molecule has 4 nitrogen and oxygen atoms in total. The van der Waals surface area contributed by atoms with Crippen LogP contribution in [0.4, 0.5) is 0 Å². The van der Waals surface area contributed by atoms with E-state index >= 15 is 0 Å². The third-order valence-corrected chi connectivity index (χ3v) is 2.38. The summed E-state index contributed by atoms with van der Waals surface area (Å²) in [6.45, 7) is 4.94. The molecule has 2 N–H and O–H groups in total. The van der Waals surface area contributed by atoms with E-state index < -0.39 is 0 Å². The van der Waals surface area contributed by atoms with Gasteiger partial charge in [0.05, 0.1) is 0 Å². The lowest BCUT2D eigenvalue weighted by Gasteiger charge is -2.16. The van der Waals surface area contributed by atoms with Crippen molar-refractivity contribution in [1.29, 1.82) is 0 Å². The van der Waals surface area contributed by atoms with Crippen molar-refractivity contribution < 1.29 is 0 Å². The van der Waals surface area contributed by atoms with E-state index in [0.29, 0.717) is 18.4 Å². The Balaban J connectivity index is 2.77. The highest BCUT2D eigenvalue weighted by molar-refractivity contribution is 4.95. The van der Waals surface area contributed by atoms with E-state index in [-0.39, 0.29) is 0 Å². The number of hydrogen-bond donors (Lipinski definition) is 1. The first-order valence-corrected chi connectivity index (χ1v) is 4.20. The molecule has 0 bridgehead atoms. The van der Waals surface area contributed by atoms with Gasteiger partial charge in [-0.05, 0) is 12.5 Å². The Morgan fingerprint density at radius 2 is 2.25 bits per heavy atom. The van der Waals surface area contributed by atoms with Gasteiger partial charge in [-0.1, -0.05) is 13.8 Å². The molecular weight excluding hydrogens is 152 g/mol. The SMILES string of the molecule is CC(CN)C(C)c1nncn1C. The fourth-order valence-electron chi connectivity index (χ4n) is 1.16. The van der Waals surface area contributed by atoms with Crippen LogP contribution in [-0.2, 0) is 7.05 Å². The van der Waals surface area contributed by atoms with Gasteiger partial charge in [0.15, 0.2) is 0 Å². The molecule has 0 radical (unpaired) electrons. The second kappa shape index (κ2) is 3.67. The highest BCUT2D eigenvalue weighted by atomic mass is 15.2.